The quantitative estimate of drug-likeness (QED) is 0.886. The van der Waals surface area contributed by atoms with Crippen molar-refractivity contribution in [1.29, 1.82) is 0 Å². The molecule has 0 amide bonds. The molecular formula is C13H11F2NO. The Morgan fingerprint density at radius 1 is 1.06 bits per heavy atom. The third-order valence-electron chi connectivity index (χ3n) is 2.26. The van der Waals surface area contributed by atoms with E-state index in [1.54, 1.807) is 18.2 Å². The lowest BCUT2D eigenvalue weighted by molar-refractivity contribution is 0.436. The largest absolute Gasteiger partial charge is 0.454 e. The number of hydrogen-bond acceptors (Lipinski definition) is 2. The second-order valence-electron chi connectivity index (χ2n) is 3.53. The molecule has 2 rings (SSSR count). The molecule has 2 aromatic rings. The van der Waals surface area contributed by atoms with Crippen LogP contribution in [0.4, 0.5) is 8.78 Å². The highest BCUT2D eigenvalue weighted by molar-refractivity contribution is 5.34. The Kier molecular flexibility index (Phi) is 3.35. The molecule has 0 radical (unpaired) electrons. The van der Waals surface area contributed by atoms with Crippen molar-refractivity contribution in [1.82, 2.24) is 0 Å². The van der Waals surface area contributed by atoms with Crippen LogP contribution in [-0.2, 0) is 6.54 Å². The minimum absolute atomic E-state index is 0.140. The molecule has 17 heavy (non-hydrogen) atoms. The predicted molar refractivity (Wildman–Crippen MR) is 60.8 cm³/mol. The summed E-state index contributed by atoms with van der Waals surface area (Å²) in [7, 11) is 0. The molecular weight excluding hydrogens is 224 g/mol. The summed E-state index contributed by atoms with van der Waals surface area (Å²) in [6.07, 6.45) is 0. The Hall–Kier alpha value is -1.94. The second-order valence-corrected chi connectivity index (χ2v) is 3.53. The maximum Gasteiger partial charge on any atom is 0.165 e. The number of ether oxygens (including phenoxy) is 1. The molecule has 0 aliphatic carbocycles. The smallest absolute Gasteiger partial charge is 0.165 e. The maximum atomic E-state index is 13.3. The average Bonchev–Trinajstić information content (AvgIpc) is 2.34. The summed E-state index contributed by atoms with van der Waals surface area (Å²) < 4.78 is 31.5. The normalized spacial score (nSPS) is 10.3. The van der Waals surface area contributed by atoms with Crippen LogP contribution in [0.2, 0.25) is 0 Å². The molecule has 0 aliphatic rings. The molecule has 0 heterocycles. The van der Waals surface area contributed by atoms with Crippen molar-refractivity contribution in [3.05, 3.63) is 59.7 Å². The lowest BCUT2D eigenvalue weighted by atomic mass is 10.2. The summed E-state index contributed by atoms with van der Waals surface area (Å²) in [4.78, 5) is 0. The Balaban J connectivity index is 2.27. The van der Waals surface area contributed by atoms with Crippen molar-refractivity contribution in [2.75, 3.05) is 0 Å². The third-order valence-corrected chi connectivity index (χ3v) is 2.26. The zero-order chi connectivity index (χ0) is 12.3. The van der Waals surface area contributed by atoms with Gasteiger partial charge in [-0.05, 0) is 29.8 Å². The maximum absolute atomic E-state index is 13.3. The highest BCUT2D eigenvalue weighted by Gasteiger charge is 2.06. The van der Waals surface area contributed by atoms with Crippen molar-refractivity contribution in [3.8, 4) is 11.5 Å². The van der Waals surface area contributed by atoms with Gasteiger partial charge in [0, 0.05) is 12.6 Å². The Bertz CT molecular complexity index is 529. The van der Waals surface area contributed by atoms with Gasteiger partial charge in [0.25, 0.3) is 0 Å². The molecule has 0 saturated heterocycles. The Labute approximate surface area is 97.6 Å². The van der Waals surface area contributed by atoms with E-state index in [9.17, 15) is 8.78 Å². The van der Waals surface area contributed by atoms with Crippen molar-refractivity contribution < 1.29 is 13.5 Å². The topological polar surface area (TPSA) is 35.2 Å². The van der Waals surface area contributed by atoms with Crippen LogP contribution >= 0.6 is 0 Å². The summed E-state index contributed by atoms with van der Waals surface area (Å²) in [6, 6.07) is 9.98. The SMILES string of the molecule is NCc1cccc(Oc2cc(F)ccc2F)c1. The number of halogens is 2. The number of nitrogens with two attached hydrogens (primary N) is 1. The molecule has 0 aliphatic heterocycles. The molecule has 0 atom stereocenters. The lowest BCUT2D eigenvalue weighted by Gasteiger charge is -2.07. The van der Waals surface area contributed by atoms with Crippen molar-refractivity contribution in [2.45, 2.75) is 6.54 Å². The van der Waals surface area contributed by atoms with Gasteiger partial charge in [0.1, 0.15) is 11.6 Å². The summed E-state index contributed by atoms with van der Waals surface area (Å²) in [5.74, 6) is -0.863. The summed E-state index contributed by atoms with van der Waals surface area (Å²) in [5, 5.41) is 0. The fourth-order valence-electron chi connectivity index (χ4n) is 1.42. The number of hydrogen-bond donors (Lipinski definition) is 1. The molecule has 4 heteroatoms. The standard InChI is InChI=1S/C13H11F2NO/c14-10-4-5-12(15)13(7-10)17-11-3-1-2-9(6-11)8-16/h1-7H,8,16H2. The Morgan fingerprint density at radius 2 is 1.88 bits per heavy atom. The van der Waals surface area contributed by atoms with Gasteiger partial charge in [-0.15, -0.1) is 0 Å². The summed E-state index contributed by atoms with van der Waals surface area (Å²) in [6.45, 7) is 0.364. The lowest BCUT2D eigenvalue weighted by Crippen LogP contribution is -1.96. The van der Waals surface area contributed by atoms with Gasteiger partial charge in [-0.3, -0.25) is 0 Å². The highest BCUT2D eigenvalue weighted by atomic mass is 19.1. The molecule has 2 N–H and O–H groups in total. The first-order chi connectivity index (χ1) is 8.19. The predicted octanol–water partition coefficient (Wildman–Crippen LogP) is 3.22. The second kappa shape index (κ2) is 4.93. The molecule has 2 nitrogen and oxygen atoms in total. The number of benzene rings is 2. The Morgan fingerprint density at radius 3 is 2.65 bits per heavy atom. The van der Waals surface area contributed by atoms with E-state index in [-0.39, 0.29) is 5.75 Å². The van der Waals surface area contributed by atoms with Gasteiger partial charge in [-0.25, -0.2) is 8.78 Å². The molecule has 2 aromatic carbocycles. The third kappa shape index (κ3) is 2.79. The van der Waals surface area contributed by atoms with Gasteiger partial charge in [-0.1, -0.05) is 12.1 Å². The van der Waals surface area contributed by atoms with E-state index in [4.69, 9.17) is 10.5 Å². The monoisotopic (exact) mass is 235 g/mol. The van der Waals surface area contributed by atoms with Gasteiger partial charge < -0.3 is 10.5 Å². The van der Waals surface area contributed by atoms with Crippen LogP contribution in [0.1, 0.15) is 5.56 Å². The van der Waals surface area contributed by atoms with Crippen LogP contribution in [0.3, 0.4) is 0 Å². The highest BCUT2D eigenvalue weighted by Crippen LogP contribution is 2.25. The van der Waals surface area contributed by atoms with E-state index in [0.29, 0.717) is 12.3 Å². The van der Waals surface area contributed by atoms with Crippen LogP contribution < -0.4 is 10.5 Å². The van der Waals surface area contributed by atoms with Crippen molar-refractivity contribution in [3.63, 3.8) is 0 Å². The zero-order valence-corrected chi connectivity index (χ0v) is 8.99. The average molecular weight is 235 g/mol. The first-order valence-corrected chi connectivity index (χ1v) is 5.11. The molecule has 0 aromatic heterocycles. The summed E-state index contributed by atoms with van der Waals surface area (Å²) in [5.41, 5.74) is 6.34. The molecule has 0 saturated carbocycles. The molecule has 88 valence electrons. The minimum Gasteiger partial charge on any atom is -0.454 e. The van der Waals surface area contributed by atoms with Crippen molar-refractivity contribution in [2.24, 2.45) is 5.73 Å². The van der Waals surface area contributed by atoms with Gasteiger partial charge in [0.05, 0.1) is 0 Å². The van der Waals surface area contributed by atoms with Crippen molar-refractivity contribution >= 4 is 0 Å². The first-order valence-electron chi connectivity index (χ1n) is 5.11. The van der Waals surface area contributed by atoms with Gasteiger partial charge in [0.15, 0.2) is 11.6 Å². The van der Waals surface area contributed by atoms with Gasteiger partial charge in [0.2, 0.25) is 0 Å². The van der Waals surface area contributed by atoms with Crippen LogP contribution in [0, 0.1) is 11.6 Å². The fourth-order valence-corrected chi connectivity index (χ4v) is 1.42. The van der Waals surface area contributed by atoms with Gasteiger partial charge >= 0.3 is 0 Å². The fraction of sp³-hybridized carbons (Fsp3) is 0.0769. The molecule has 0 fully saturated rings. The van der Waals surface area contributed by atoms with Crippen LogP contribution in [0.5, 0.6) is 11.5 Å². The van der Waals surface area contributed by atoms with E-state index < -0.39 is 11.6 Å². The minimum atomic E-state index is -0.607. The van der Waals surface area contributed by atoms with Gasteiger partial charge in [-0.2, -0.15) is 0 Å². The first kappa shape index (κ1) is 11.5. The molecule has 0 unspecified atom stereocenters. The van der Waals surface area contributed by atoms with Crippen LogP contribution in [0.15, 0.2) is 42.5 Å². The van der Waals surface area contributed by atoms with Crippen LogP contribution in [-0.4, -0.2) is 0 Å². The number of rotatable bonds is 3. The van der Waals surface area contributed by atoms with E-state index >= 15 is 0 Å². The van der Waals surface area contributed by atoms with E-state index in [1.807, 2.05) is 6.07 Å². The molecule has 0 spiro atoms. The zero-order valence-electron chi connectivity index (χ0n) is 8.99. The molecule has 0 bridgehead atoms. The van der Waals surface area contributed by atoms with E-state index in [0.717, 1.165) is 23.8 Å². The van der Waals surface area contributed by atoms with Crippen LogP contribution in [0.25, 0.3) is 0 Å². The summed E-state index contributed by atoms with van der Waals surface area (Å²) >= 11 is 0. The van der Waals surface area contributed by atoms with E-state index in [1.165, 1.54) is 0 Å². The van der Waals surface area contributed by atoms with E-state index in [2.05, 4.69) is 0 Å².